The molecule has 0 aliphatic rings. The van der Waals surface area contributed by atoms with Crippen molar-refractivity contribution in [2.45, 2.75) is 13.3 Å². The maximum absolute atomic E-state index is 11.8. The molecule has 2 N–H and O–H groups in total. The predicted molar refractivity (Wildman–Crippen MR) is 87.5 cm³/mol. The van der Waals surface area contributed by atoms with Crippen LogP contribution in [0.4, 0.5) is 0 Å². The van der Waals surface area contributed by atoms with Crippen molar-refractivity contribution in [1.29, 1.82) is 0 Å². The first-order valence-corrected chi connectivity index (χ1v) is 7.62. The molecule has 0 saturated carbocycles. The zero-order valence-electron chi connectivity index (χ0n) is 13.3. The number of aryl methyl sites for hydroxylation is 1. The van der Waals surface area contributed by atoms with E-state index in [2.05, 4.69) is 20.5 Å². The molecule has 1 amide bonds. The van der Waals surface area contributed by atoms with Crippen molar-refractivity contribution < 1.29 is 13.9 Å². The topological polar surface area (TPSA) is 93.0 Å². The smallest absolute Gasteiger partial charge is 0.257 e. The van der Waals surface area contributed by atoms with Gasteiger partial charge in [-0.15, -0.1) is 0 Å². The molecule has 3 aromatic rings. The van der Waals surface area contributed by atoms with Crippen LogP contribution in [0.3, 0.4) is 0 Å². The molecule has 0 saturated heterocycles. The summed E-state index contributed by atoms with van der Waals surface area (Å²) in [4.78, 5) is 16.1. The molecule has 0 spiro atoms. The Bertz CT molecular complexity index is 779. The minimum Gasteiger partial charge on any atom is -0.484 e. The molecule has 0 aliphatic heterocycles. The fourth-order valence-electron chi connectivity index (χ4n) is 2.08. The number of furan rings is 1. The van der Waals surface area contributed by atoms with Gasteiger partial charge in [-0.25, -0.2) is 4.98 Å². The SMILES string of the molecule is Cc1ccc(OCC(=O)NCCc2nc(-c3ccco3)n[nH]2)cc1. The van der Waals surface area contributed by atoms with Crippen LogP contribution < -0.4 is 10.1 Å². The molecule has 2 heterocycles. The van der Waals surface area contributed by atoms with Gasteiger partial charge in [0.05, 0.1) is 6.26 Å². The number of hydrogen-bond acceptors (Lipinski definition) is 5. The number of aromatic nitrogens is 3. The first-order chi connectivity index (χ1) is 11.7. The van der Waals surface area contributed by atoms with Gasteiger partial charge in [0.1, 0.15) is 11.6 Å². The van der Waals surface area contributed by atoms with Crippen LogP contribution in [-0.2, 0) is 11.2 Å². The maximum Gasteiger partial charge on any atom is 0.257 e. The number of aromatic amines is 1. The van der Waals surface area contributed by atoms with Crippen LogP contribution in [0.1, 0.15) is 11.4 Å². The molecule has 0 unspecified atom stereocenters. The minimum absolute atomic E-state index is 0.0168. The van der Waals surface area contributed by atoms with Crippen molar-refractivity contribution in [2.75, 3.05) is 13.2 Å². The van der Waals surface area contributed by atoms with Crippen molar-refractivity contribution in [2.24, 2.45) is 0 Å². The van der Waals surface area contributed by atoms with E-state index in [0.717, 1.165) is 5.56 Å². The molecule has 1 aromatic carbocycles. The molecular formula is C17H18N4O3. The third-order valence-corrected chi connectivity index (χ3v) is 3.35. The van der Waals surface area contributed by atoms with Crippen molar-refractivity contribution in [3.05, 3.63) is 54.0 Å². The van der Waals surface area contributed by atoms with Gasteiger partial charge >= 0.3 is 0 Å². The number of nitrogens with zero attached hydrogens (tertiary/aromatic N) is 2. The standard InChI is InChI=1S/C17H18N4O3/c1-12-4-6-13(7-5-12)24-11-16(22)18-9-8-15-19-17(21-20-15)14-3-2-10-23-14/h2-7,10H,8-9,11H2,1H3,(H,18,22)(H,19,20,21). The molecule has 0 fully saturated rings. The zero-order valence-corrected chi connectivity index (χ0v) is 13.3. The van der Waals surface area contributed by atoms with Gasteiger partial charge in [0.25, 0.3) is 5.91 Å². The number of H-pyrrole nitrogens is 1. The number of amides is 1. The van der Waals surface area contributed by atoms with Crippen molar-refractivity contribution in [3.63, 3.8) is 0 Å². The Morgan fingerprint density at radius 2 is 2.12 bits per heavy atom. The number of ether oxygens (including phenoxy) is 1. The Hall–Kier alpha value is -3.09. The predicted octanol–water partition coefficient (Wildman–Crippen LogP) is 2.11. The summed E-state index contributed by atoms with van der Waals surface area (Å²) >= 11 is 0. The average molecular weight is 326 g/mol. The number of hydrogen-bond donors (Lipinski definition) is 2. The van der Waals surface area contributed by atoms with Crippen LogP contribution >= 0.6 is 0 Å². The van der Waals surface area contributed by atoms with Gasteiger partial charge in [-0.05, 0) is 31.2 Å². The zero-order chi connectivity index (χ0) is 16.8. The fourth-order valence-corrected chi connectivity index (χ4v) is 2.08. The van der Waals surface area contributed by atoms with Gasteiger partial charge in [0.15, 0.2) is 12.4 Å². The van der Waals surface area contributed by atoms with Crippen LogP contribution in [0.5, 0.6) is 5.75 Å². The summed E-state index contributed by atoms with van der Waals surface area (Å²) in [5, 5.41) is 9.68. The first kappa shape index (κ1) is 15.8. The lowest BCUT2D eigenvalue weighted by atomic mass is 10.2. The van der Waals surface area contributed by atoms with Gasteiger partial charge < -0.3 is 14.5 Å². The monoisotopic (exact) mass is 326 g/mol. The lowest BCUT2D eigenvalue weighted by Crippen LogP contribution is -2.30. The molecule has 24 heavy (non-hydrogen) atoms. The minimum atomic E-state index is -0.179. The van der Waals surface area contributed by atoms with E-state index in [-0.39, 0.29) is 12.5 Å². The van der Waals surface area contributed by atoms with E-state index >= 15 is 0 Å². The van der Waals surface area contributed by atoms with Gasteiger partial charge in [0, 0.05) is 13.0 Å². The highest BCUT2D eigenvalue weighted by atomic mass is 16.5. The van der Waals surface area contributed by atoms with Crippen molar-refractivity contribution in [3.8, 4) is 17.3 Å². The van der Waals surface area contributed by atoms with Crippen molar-refractivity contribution in [1.82, 2.24) is 20.5 Å². The van der Waals surface area contributed by atoms with Crippen LogP contribution in [0.15, 0.2) is 47.1 Å². The van der Waals surface area contributed by atoms with E-state index in [1.165, 1.54) is 0 Å². The average Bonchev–Trinajstić information content (AvgIpc) is 3.25. The Morgan fingerprint density at radius 3 is 2.88 bits per heavy atom. The third-order valence-electron chi connectivity index (χ3n) is 3.35. The molecule has 7 heteroatoms. The molecule has 2 aromatic heterocycles. The lowest BCUT2D eigenvalue weighted by Gasteiger charge is -2.07. The number of carbonyl (C=O) groups is 1. The highest BCUT2D eigenvalue weighted by Gasteiger charge is 2.08. The molecule has 0 atom stereocenters. The number of rotatable bonds is 7. The van der Waals surface area contributed by atoms with Crippen LogP contribution in [-0.4, -0.2) is 34.2 Å². The molecule has 7 nitrogen and oxygen atoms in total. The maximum atomic E-state index is 11.8. The first-order valence-electron chi connectivity index (χ1n) is 7.62. The molecular weight excluding hydrogens is 308 g/mol. The summed E-state index contributed by atoms with van der Waals surface area (Å²) in [6.45, 7) is 2.43. The lowest BCUT2D eigenvalue weighted by molar-refractivity contribution is -0.123. The number of carbonyl (C=O) groups excluding carboxylic acids is 1. The van der Waals surface area contributed by atoms with Crippen LogP contribution in [0.25, 0.3) is 11.6 Å². The van der Waals surface area contributed by atoms with E-state index in [4.69, 9.17) is 9.15 Å². The Balaban J connectivity index is 1.40. The molecule has 0 bridgehead atoms. The van der Waals surface area contributed by atoms with E-state index in [1.54, 1.807) is 18.4 Å². The second-order valence-corrected chi connectivity index (χ2v) is 5.28. The molecule has 0 radical (unpaired) electrons. The largest absolute Gasteiger partial charge is 0.484 e. The molecule has 124 valence electrons. The quantitative estimate of drug-likeness (QED) is 0.693. The van der Waals surface area contributed by atoms with E-state index in [0.29, 0.717) is 36.1 Å². The Kier molecular flexibility index (Phi) is 4.90. The van der Waals surface area contributed by atoms with Gasteiger partial charge in [-0.3, -0.25) is 9.89 Å². The van der Waals surface area contributed by atoms with E-state index in [9.17, 15) is 4.79 Å². The van der Waals surface area contributed by atoms with E-state index in [1.807, 2.05) is 31.2 Å². The van der Waals surface area contributed by atoms with Gasteiger partial charge in [-0.2, -0.15) is 5.10 Å². The normalized spacial score (nSPS) is 10.5. The molecule has 3 rings (SSSR count). The number of nitrogens with one attached hydrogen (secondary N) is 2. The third kappa shape index (κ3) is 4.22. The summed E-state index contributed by atoms with van der Waals surface area (Å²) in [6.07, 6.45) is 2.11. The fraction of sp³-hybridized carbons (Fsp3) is 0.235. The second kappa shape index (κ2) is 7.45. The van der Waals surface area contributed by atoms with Gasteiger partial charge in [0.2, 0.25) is 5.82 Å². The number of benzene rings is 1. The summed E-state index contributed by atoms with van der Waals surface area (Å²) in [7, 11) is 0. The van der Waals surface area contributed by atoms with Crippen LogP contribution in [0.2, 0.25) is 0 Å². The summed E-state index contributed by atoms with van der Waals surface area (Å²) in [5.41, 5.74) is 1.15. The second-order valence-electron chi connectivity index (χ2n) is 5.28. The Morgan fingerprint density at radius 1 is 1.29 bits per heavy atom. The van der Waals surface area contributed by atoms with Gasteiger partial charge in [-0.1, -0.05) is 17.7 Å². The van der Waals surface area contributed by atoms with Crippen molar-refractivity contribution >= 4 is 5.91 Å². The highest BCUT2D eigenvalue weighted by Crippen LogP contribution is 2.14. The summed E-state index contributed by atoms with van der Waals surface area (Å²) in [6, 6.07) is 11.1. The summed E-state index contributed by atoms with van der Waals surface area (Å²) in [5.74, 6) is 2.29. The highest BCUT2D eigenvalue weighted by molar-refractivity contribution is 5.77. The molecule has 0 aliphatic carbocycles. The Labute approximate surface area is 139 Å². The van der Waals surface area contributed by atoms with E-state index < -0.39 is 0 Å². The van der Waals surface area contributed by atoms with Crippen LogP contribution in [0, 0.1) is 6.92 Å². The summed E-state index contributed by atoms with van der Waals surface area (Å²) < 4.78 is 10.6.